The van der Waals surface area contributed by atoms with E-state index in [1.165, 1.54) is 5.56 Å². The summed E-state index contributed by atoms with van der Waals surface area (Å²) in [6.45, 7) is 3.54. The van der Waals surface area contributed by atoms with Crippen LogP contribution in [0.4, 0.5) is 0 Å². The summed E-state index contributed by atoms with van der Waals surface area (Å²) in [7, 11) is 1.65. The molecule has 1 aliphatic heterocycles. The van der Waals surface area contributed by atoms with E-state index in [1.807, 2.05) is 36.1 Å². The van der Waals surface area contributed by atoms with Crippen molar-refractivity contribution in [1.29, 1.82) is 0 Å². The second kappa shape index (κ2) is 8.01. The molecule has 2 aromatic carbocycles. The Morgan fingerprint density at radius 3 is 2.57 bits per heavy atom. The number of aromatic nitrogens is 1. The summed E-state index contributed by atoms with van der Waals surface area (Å²) in [5.74, 6) is 1.51. The van der Waals surface area contributed by atoms with Gasteiger partial charge in [-0.2, -0.15) is 0 Å². The van der Waals surface area contributed by atoms with Gasteiger partial charge in [0.05, 0.1) is 23.9 Å². The third kappa shape index (κ3) is 3.86. The molecule has 3 aromatic rings. The number of fused-ring (bicyclic) bond motifs is 1. The largest absolute Gasteiger partial charge is 0.497 e. The fourth-order valence-corrected chi connectivity index (χ4v) is 4.05. The Hall–Kier alpha value is -2.88. The molecule has 0 radical (unpaired) electrons. The number of carbonyl (C=O) groups is 1. The standard InChI is InChI=1S/C24H26N2O2/c1-17-22(16-20-15-21(28-2)8-9-23(20)25-17)24(27)26-12-10-19(11-13-26)14-18-6-4-3-5-7-18/h3-9,15-16,19H,10-14H2,1-2H3. The zero-order chi connectivity index (χ0) is 19.5. The van der Waals surface area contributed by atoms with Gasteiger partial charge in [-0.25, -0.2) is 0 Å². The number of rotatable bonds is 4. The van der Waals surface area contributed by atoms with E-state index < -0.39 is 0 Å². The van der Waals surface area contributed by atoms with Crippen molar-refractivity contribution in [2.75, 3.05) is 20.2 Å². The highest BCUT2D eigenvalue weighted by Crippen LogP contribution is 2.26. The van der Waals surface area contributed by atoms with Gasteiger partial charge in [0.2, 0.25) is 0 Å². The number of hydrogen-bond acceptors (Lipinski definition) is 3. The number of nitrogens with zero attached hydrogens (tertiary/aromatic N) is 2. The van der Waals surface area contributed by atoms with Crippen molar-refractivity contribution >= 4 is 16.8 Å². The summed E-state index contributed by atoms with van der Waals surface area (Å²) < 4.78 is 5.31. The molecule has 1 saturated heterocycles. The van der Waals surface area contributed by atoms with E-state index in [0.717, 1.165) is 54.7 Å². The number of likely N-dealkylation sites (tertiary alicyclic amines) is 1. The minimum Gasteiger partial charge on any atom is -0.497 e. The predicted molar refractivity (Wildman–Crippen MR) is 112 cm³/mol. The van der Waals surface area contributed by atoms with Crippen molar-refractivity contribution in [3.8, 4) is 5.75 Å². The molecule has 2 heterocycles. The maximum absolute atomic E-state index is 13.1. The van der Waals surface area contributed by atoms with Crippen LogP contribution < -0.4 is 4.74 Å². The number of hydrogen-bond donors (Lipinski definition) is 0. The fraction of sp³-hybridized carbons (Fsp3) is 0.333. The first-order chi connectivity index (χ1) is 13.6. The number of amides is 1. The van der Waals surface area contributed by atoms with Crippen LogP contribution in [0.2, 0.25) is 0 Å². The van der Waals surface area contributed by atoms with Crippen LogP contribution in [0.1, 0.15) is 34.5 Å². The smallest absolute Gasteiger partial charge is 0.255 e. The highest BCUT2D eigenvalue weighted by atomic mass is 16.5. The van der Waals surface area contributed by atoms with E-state index in [-0.39, 0.29) is 5.91 Å². The Balaban J connectivity index is 1.47. The molecule has 1 fully saturated rings. The quantitative estimate of drug-likeness (QED) is 0.668. The van der Waals surface area contributed by atoms with Crippen LogP contribution in [-0.4, -0.2) is 36.0 Å². The van der Waals surface area contributed by atoms with Crippen LogP contribution in [0, 0.1) is 12.8 Å². The first kappa shape index (κ1) is 18.5. The molecule has 0 bridgehead atoms. The van der Waals surface area contributed by atoms with Crippen LogP contribution in [0.3, 0.4) is 0 Å². The topological polar surface area (TPSA) is 42.4 Å². The number of piperidine rings is 1. The molecule has 1 amide bonds. The molecule has 4 nitrogen and oxygen atoms in total. The lowest BCUT2D eigenvalue weighted by Crippen LogP contribution is -2.39. The van der Waals surface area contributed by atoms with Gasteiger partial charge in [0.15, 0.2) is 0 Å². The van der Waals surface area contributed by atoms with Crippen molar-refractivity contribution in [2.24, 2.45) is 5.92 Å². The number of pyridine rings is 1. The predicted octanol–water partition coefficient (Wildman–Crippen LogP) is 4.65. The van der Waals surface area contributed by atoms with Crippen LogP contribution in [0.5, 0.6) is 5.75 Å². The molecule has 1 aliphatic rings. The minimum absolute atomic E-state index is 0.0906. The summed E-state index contributed by atoms with van der Waals surface area (Å²) in [6.07, 6.45) is 3.20. The Labute approximate surface area is 166 Å². The number of methoxy groups -OCH3 is 1. The lowest BCUT2D eigenvalue weighted by Gasteiger charge is -2.32. The summed E-state index contributed by atoms with van der Waals surface area (Å²) in [5, 5.41) is 0.937. The Morgan fingerprint density at radius 1 is 1.11 bits per heavy atom. The second-order valence-corrected chi connectivity index (χ2v) is 7.61. The van der Waals surface area contributed by atoms with Crippen LogP contribution in [-0.2, 0) is 6.42 Å². The molecule has 4 rings (SSSR count). The Kier molecular flexibility index (Phi) is 5.29. The molecule has 0 spiro atoms. The van der Waals surface area contributed by atoms with Crippen molar-refractivity contribution in [3.05, 3.63) is 71.4 Å². The summed E-state index contributed by atoms with van der Waals surface area (Å²) >= 11 is 0. The van der Waals surface area contributed by atoms with Crippen LogP contribution in [0.25, 0.3) is 10.9 Å². The number of ether oxygens (including phenoxy) is 1. The molecule has 0 aliphatic carbocycles. The van der Waals surface area contributed by atoms with E-state index in [9.17, 15) is 4.79 Å². The van der Waals surface area contributed by atoms with Gasteiger partial charge in [-0.3, -0.25) is 9.78 Å². The van der Waals surface area contributed by atoms with Gasteiger partial charge in [0, 0.05) is 18.5 Å². The number of carbonyl (C=O) groups excluding carboxylic acids is 1. The van der Waals surface area contributed by atoms with E-state index in [0.29, 0.717) is 11.5 Å². The summed E-state index contributed by atoms with van der Waals surface area (Å²) in [4.78, 5) is 19.8. The minimum atomic E-state index is 0.0906. The van der Waals surface area contributed by atoms with Crippen LogP contribution >= 0.6 is 0 Å². The van der Waals surface area contributed by atoms with Gasteiger partial charge in [0.25, 0.3) is 5.91 Å². The normalized spacial score (nSPS) is 15.0. The van der Waals surface area contributed by atoms with E-state index >= 15 is 0 Å². The monoisotopic (exact) mass is 374 g/mol. The van der Waals surface area contributed by atoms with Crippen molar-refractivity contribution in [3.63, 3.8) is 0 Å². The molecular formula is C24H26N2O2. The molecule has 0 atom stereocenters. The average Bonchev–Trinajstić information content (AvgIpc) is 2.74. The highest BCUT2D eigenvalue weighted by Gasteiger charge is 2.25. The molecule has 144 valence electrons. The van der Waals surface area contributed by atoms with Crippen LogP contribution in [0.15, 0.2) is 54.6 Å². The van der Waals surface area contributed by atoms with Crippen molar-refractivity contribution in [1.82, 2.24) is 9.88 Å². The highest BCUT2D eigenvalue weighted by molar-refractivity contribution is 5.98. The molecule has 28 heavy (non-hydrogen) atoms. The molecule has 0 N–H and O–H groups in total. The lowest BCUT2D eigenvalue weighted by atomic mass is 9.90. The number of benzene rings is 2. The Morgan fingerprint density at radius 2 is 1.86 bits per heavy atom. The summed E-state index contributed by atoms with van der Waals surface area (Å²) in [5.41, 5.74) is 3.75. The van der Waals surface area contributed by atoms with Crippen molar-refractivity contribution < 1.29 is 9.53 Å². The molecule has 0 saturated carbocycles. The summed E-state index contributed by atoms with van der Waals surface area (Å²) in [6, 6.07) is 18.4. The maximum Gasteiger partial charge on any atom is 0.255 e. The molecule has 4 heteroatoms. The zero-order valence-electron chi connectivity index (χ0n) is 16.5. The van der Waals surface area contributed by atoms with E-state index in [4.69, 9.17) is 4.74 Å². The zero-order valence-corrected chi connectivity index (χ0v) is 16.5. The first-order valence-electron chi connectivity index (χ1n) is 9.92. The number of aryl methyl sites for hydroxylation is 1. The Bertz CT molecular complexity index is 977. The molecular weight excluding hydrogens is 348 g/mol. The third-order valence-electron chi connectivity index (χ3n) is 5.71. The average molecular weight is 374 g/mol. The second-order valence-electron chi connectivity index (χ2n) is 7.61. The van der Waals surface area contributed by atoms with Gasteiger partial charge in [-0.15, -0.1) is 0 Å². The van der Waals surface area contributed by atoms with Gasteiger partial charge in [-0.1, -0.05) is 30.3 Å². The van der Waals surface area contributed by atoms with Crippen molar-refractivity contribution in [2.45, 2.75) is 26.2 Å². The van der Waals surface area contributed by atoms with E-state index in [2.05, 4.69) is 35.3 Å². The fourth-order valence-electron chi connectivity index (χ4n) is 4.05. The van der Waals surface area contributed by atoms with E-state index in [1.54, 1.807) is 7.11 Å². The first-order valence-corrected chi connectivity index (χ1v) is 9.92. The maximum atomic E-state index is 13.1. The molecule has 1 aromatic heterocycles. The van der Waals surface area contributed by atoms with Gasteiger partial charge >= 0.3 is 0 Å². The SMILES string of the molecule is COc1ccc2nc(C)c(C(=O)N3CCC(Cc4ccccc4)CC3)cc2c1. The van der Waals surface area contributed by atoms with Gasteiger partial charge in [-0.05, 0) is 61.9 Å². The third-order valence-corrected chi connectivity index (χ3v) is 5.71. The van der Waals surface area contributed by atoms with Gasteiger partial charge in [0.1, 0.15) is 5.75 Å². The lowest BCUT2D eigenvalue weighted by molar-refractivity contribution is 0.0689. The molecule has 0 unspecified atom stereocenters. The van der Waals surface area contributed by atoms with Gasteiger partial charge < -0.3 is 9.64 Å².